The summed E-state index contributed by atoms with van der Waals surface area (Å²) in [5.41, 5.74) is 16.2. The molecule has 7 nitrogen and oxygen atoms in total. The number of aliphatic hydroxyl groups is 1. The summed E-state index contributed by atoms with van der Waals surface area (Å²) in [4.78, 5) is 28.0. The fourth-order valence-electron chi connectivity index (χ4n) is 7.53. The Morgan fingerprint density at radius 2 is 1.73 bits per heavy atom. The maximum atomic E-state index is 12.3. The Bertz CT molecular complexity index is 1760. The predicted molar refractivity (Wildman–Crippen MR) is 177 cm³/mol. The Labute approximate surface area is 260 Å². The van der Waals surface area contributed by atoms with Crippen LogP contribution in [-0.2, 0) is 9.53 Å². The van der Waals surface area contributed by atoms with Gasteiger partial charge in [0.15, 0.2) is 0 Å². The summed E-state index contributed by atoms with van der Waals surface area (Å²) < 4.78 is 5.03. The summed E-state index contributed by atoms with van der Waals surface area (Å²) >= 11 is 0. The number of nitrogens with one attached hydrogen (secondary N) is 1. The van der Waals surface area contributed by atoms with Gasteiger partial charge in [0, 0.05) is 58.4 Å². The minimum atomic E-state index is -0.228. The highest BCUT2D eigenvalue weighted by molar-refractivity contribution is 6.21. The molecule has 7 heteroatoms. The summed E-state index contributed by atoms with van der Waals surface area (Å²) in [6.45, 7) is 17.1. The predicted octanol–water partition coefficient (Wildman–Crippen LogP) is 7.97. The zero-order valence-electron chi connectivity index (χ0n) is 26.9. The molecular weight excluding hydrogens is 548 g/mol. The molecule has 2 N–H and O–H groups in total. The van der Waals surface area contributed by atoms with E-state index in [0.717, 1.165) is 80.8 Å². The molecule has 0 spiro atoms. The lowest BCUT2D eigenvalue weighted by molar-refractivity contribution is -0.140. The first kappa shape index (κ1) is 29.8. The first-order valence-corrected chi connectivity index (χ1v) is 15.8. The molecule has 0 saturated carbocycles. The van der Waals surface area contributed by atoms with Crippen molar-refractivity contribution in [3.8, 4) is 0 Å². The molecule has 2 atom stereocenters. The molecule has 1 saturated heterocycles. The zero-order valence-corrected chi connectivity index (χ0v) is 26.9. The fourth-order valence-corrected chi connectivity index (χ4v) is 7.53. The Kier molecular flexibility index (Phi) is 7.68. The van der Waals surface area contributed by atoms with E-state index in [-0.39, 0.29) is 17.8 Å². The molecule has 0 aromatic carbocycles. The summed E-state index contributed by atoms with van der Waals surface area (Å²) in [6.07, 6.45) is 9.76. The fraction of sp³-hybridized carbons (Fsp3) is 0.405. The SMILES string of the molecule is C=CCC1=C2NC(=C3CC(O)=C4C=C(N=C43)C(C)=C3N=C(C=C4N=C1C(C)=C4CC)C(C)=C3CC)[C@@H](CCC(=O)OC)[C@@H]2C. The monoisotopic (exact) mass is 590 g/mol. The number of hydrogen-bond acceptors (Lipinski definition) is 7. The number of aliphatic hydroxyl groups excluding tert-OH is 1. The molecule has 0 radical (unpaired) electrons. The van der Waals surface area contributed by atoms with Crippen LogP contribution in [0.1, 0.15) is 80.1 Å². The van der Waals surface area contributed by atoms with E-state index in [1.54, 1.807) is 0 Å². The highest BCUT2D eigenvalue weighted by atomic mass is 16.5. The third-order valence-corrected chi connectivity index (χ3v) is 10.0. The standard InChI is InChI=1S/C37H42N4O3/c1-9-12-25-33-19(5)22(10-2)30(40-33)17-29-18(4)23(11-3)35(38-29)21(7)28-15-26-31(42)16-27(37(26)39-28)36-24(13-14-32(43)44-8)20(6)34(25)41-36/h9,15,17,20,24,41-42H,1,10-14,16H2,2-8H3/t20-,24-/m0/s1. The molecular formula is C37H42N4O3. The van der Waals surface area contributed by atoms with Crippen LogP contribution in [0, 0.1) is 11.8 Å². The molecule has 0 unspecified atom stereocenters. The quantitative estimate of drug-likeness (QED) is 0.232. The molecule has 0 aromatic rings. The van der Waals surface area contributed by atoms with Crippen LogP contribution >= 0.6 is 0 Å². The lowest BCUT2D eigenvalue weighted by Gasteiger charge is -2.18. The second-order valence-corrected chi connectivity index (χ2v) is 12.3. The van der Waals surface area contributed by atoms with E-state index >= 15 is 0 Å². The first-order valence-electron chi connectivity index (χ1n) is 15.8. The number of fused-ring (bicyclic) bond motifs is 5. The van der Waals surface area contributed by atoms with Crippen LogP contribution < -0.4 is 5.32 Å². The van der Waals surface area contributed by atoms with Gasteiger partial charge in [0.2, 0.25) is 0 Å². The number of ether oxygens (including phenoxy) is 1. The number of aliphatic imine (C=N–C) groups is 3. The summed E-state index contributed by atoms with van der Waals surface area (Å²) in [7, 11) is 1.43. The van der Waals surface area contributed by atoms with Gasteiger partial charge in [0.05, 0.1) is 41.3 Å². The molecule has 228 valence electrons. The molecule has 6 aliphatic rings. The van der Waals surface area contributed by atoms with Crippen LogP contribution in [-0.4, -0.2) is 35.3 Å². The number of methoxy groups -OCH3 is 1. The van der Waals surface area contributed by atoms with Crippen LogP contribution in [0.15, 0.2) is 119 Å². The Morgan fingerprint density at radius 1 is 1.00 bits per heavy atom. The summed E-state index contributed by atoms with van der Waals surface area (Å²) in [5, 5.41) is 15.1. The van der Waals surface area contributed by atoms with Gasteiger partial charge in [0.1, 0.15) is 5.76 Å². The van der Waals surface area contributed by atoms with Gasteiger partial charge in [-0.05, 0) is 80.9 Å². The number of rotatable bonds is 7. The maximum absolute atomic E-state index is 12.3. The normalized spacial score (nSPS) is 24.3. The highest BCUT2D eigenvalue weighted by Crippen LogP contribution is 2.47. The van der Waals surface area contributed by atoms with Crippen LogP contribution in [0.4, 0.5) is 0 Å². The largest absolute Gasteiger partial charge is 0.511 e. The van der Waals surface area contributed by atoms with Crippen LogP contribution in [0.5, 0.6) is 0 Å². The Hall–Kier alpha value is -4.26. The average Bonchev–Trinajstić information content (AvgIpc) is 3.80. The average molecular weight is 591 g/mol. The van der Waals surface area contributed by atoms with Gasteiger partial charge in [-0.1, -0.05) is 26.8 Å². The number of carbonyl (C=O) groups is 1. The van der Waals surface area contributed by atoms with Gasteiger partial charge in [-0.25, -0.2) is 15.0 Å². The molecule has 8 bridgehead atoms. The number of nitrogens with zero attached hydrogens (tertiary/aromatic N) is 3. The van der Waals surface area contributed by atoms with Crippen molar-refractivity contribution in [2.45, 2.75) is 80.1 Å². The third-order valence-electron chi connectivity index (χ3n) is 10.0. The van der Waals surface area contributed by atoms with Gasteiger partial charge in [-0.15, -0.1) is 6.58 Å². The first-order chi connectivity index (χ1) is 21.1. The van der Waals surface area contributed by atoms with Gasteiger partial charge in [-0.2, -0.15) is 0 Å². The van der Waals surface area contributed by atoms with E-state index in [0.29, 0.717) is 31.4 Å². The lowest BCUT2D eigenvalue weighted by Crippen LogP contribution is -2.16. The van der Waals surface area contributed by atoms with Crippen LogP contribution in [0.25, 0.3) is 0 Å². The second-order valence-electron chi connectivity index (χ2n) is 12.3. The van der Waals surface area contributed by atoms with Gasteiger partial charge in [0.25, 0.3) is 0 Å². The van der Waals surface area contributed by atoms with Gasteiger partial charge >= 0.3 is 5.97 Å². The minimum absolute atomic E-state index is 0.0127. The van der Waals surface area contributed by atoms with Gasteiger partial charge in [-0.3, -0.25) is 4.79 Å². The maximum Gasteiger partial charge on any atom is 0.305 e. The minimum Gasteiger partial charge on any atom is -0.511 e. The van der Waals surface area contributed by atoms with E-state index in [1.807, 2.05) is 12.2 Å². The molecule has 0 aromatic heterocycles. The molecule has 5 heterocycles. The van der Waals surface area contributed by atoms with E-state index in [2.05, 4.69) is 59.5 Å². The van der Waals surface area contributed by atoms with E-state index in [9.17, 15) is 9.90 Å². The van der Waals surface area contributed by atoms with E-state index in [4.69, 9.17) is 19.7 Å². The number of hydrogen-bond donors (Lipinski definition) is 2. The molecule has 0 amide bonds. The summed E-state index contributed by atoms with van der Waals surface area (Å²) in [5.74, 6) is 0.179. The van der Waals surface area contributed by atoms with E-state index < -0.39 is 0 Å². The second kappa shape index (κ2) is 11.3. The van der Waals surface area contributed by atoms with Crippen molar-refractivity contribution < 1.29 is 14.6 Å². The lowest BCUT2D eigenvalue weighted by atomic mass is 9.84. The Morgan fingerprint density at radius 3 is 2.41 bits per heavy atom. The molecule has 5 aliphatic heterocycles. The Balaban J connectivity index is 1.66. The molecule has 6 rings (SSSR count). The summed E-state index contributed by atoms with van der Waals surface area (Å²) in [6, 6.07) is 0. The number of allylic oxidation sites excluding steroid dienone is 13. The van der Waals surface area contributed by atoms with Crippen molar-refractivity contribution >= 4 is 23.1 Å². The topological polar surface area (TPSA) is 95.6 Å². The van der Waals surface area contributed by atoms with Crippen molar-refractivity contribution in [1.82, 2.24) is 5.32 Å². The van der Waals surface area contributed by atoms with Crippen molar-refractivity contribution in [2.75, 3.05) is 7.11 Å². The highest BCUT2D eigenvalue weighted by Gasteiger charge is 2.41. The van der Waals surface area contributed by atoms with Crippen LogP contribution in [0.3, 0.4) is 0 Å². The molecule has 1 aliphatic carbocycles. The van der Waals surface area contributed by atoms with Crippen LogP contribution in [0.2, 0.25) is 0 Å². The van der Waals surface area contributed by atoms with E-state index in [1.165, 1.54) is 29.4 Å². The van der Waals surface area contributed by atoms with Crippen molar-refractivity contribution in [3.63, 3.8) is 0 Å². The zero-order chi connectivity index (χ0) is 31.4. The smallest absolute Gasteiger partial charge is 0.305 e. The number of esters is 1. The van der Waals surface area contributed by atoms with Gasteiger partial charge < -0.3 is 15.2 Å². The van der Waals surface area contributed by atoms with Crippen molar-refractivity contribution in [2.24, 2.45) is 26.8 Å². The number of carbonyl (C=O) groups excluding carboxylic acids is 1. The van der Waals surface area contributed by atoms with Crippen molar-refractivity contribution in [1.29, 1.82) is 0 Å². The van der Waals surface area contributed by atoms with Crippen molar-refractivity contribution in [3.05, 3.63) is 104 Å². The molecule has 1 fully saturated rings. The third kappa shape index (κ3) is 4.56. The molecule has 44 heavy (non-hydrogen) atoms.